The monoisotopic (exact) mass is 342 g/mol. The Morgan fingerprint density at radius 3 is 2.60 bits per heavy atom. The summed E-state index contributed by atoms with van der Waals surface area (Å²) in [4.78, 5) is 16.8. The van der Waals surface area contributed by atoms with Gasteiger partial charge in [-0.05, 0) is 35.9 Å². The Kier molecular flexibility index (Phi) is 4.27. The van der Waals surface area contributed by atoms with Crippen LogP contribution in [0.5, 0.6) is 0 Å². The average Bonchev–Trinajstić information content (AvgIpc) is 2.60. The van der Waals surface area contributed by atoms with Crippen molar-refractivity contribution in [2.24, 2.45) is 0 Å². The lowest BCUT2D eigenvalue weighted by molar-refractivity contribution is -0.137. The normalized spacial score (nSPS) is 11.3. The summed E-state index contributed by atoms with van der Waals surface area (Å²) in [7, 11) is 0. The molecule has 25 heavy (non-hydrogen) atoms. The van der Waals surface area contributed by atoms with Gasteiger partial charge in [-0.1, -0.05) is 30.9 Å². The smallest absolute Gasteiger partial charge is 0.320 e. The van der Waals surface area contributed by atoms with E-state index in [0.29, 0.717) is 11.2 Å². The van der Waals surface area contributed by atoms with Crippen LogP contribution >= 0.6 is 0 Å². The van der Waals surface area contributed by atoms with Crippen LogP contribution in [0.2, 0.25) is 0 Å². The molecular weight excluding hydrogens is 329 g/mol. The van der Waals surface area contributed by atoms with E-state index in [4.69, 9.17) is 0 Å². The summed E-state index contributed by atoms with van der Waals surface area (Å²) < 4.78 is 38.4. The summed E-state index contributed by atoms with van der Waals surface area (Å²) >= 11 is 0. The molecule has 0 aliphatic heterocycles. The second-order valence-electron chi connectivity index (χ2n) is 5.34. The van der Waals surface area contributed by atoms with Gasteiger partial charge in [0, 0.05) is 17.1 Å². The van der Waals surface area contributed by atoms with E-state index >= 15 is 0 Å². The number of hydrogen-bond donors (Lipinski definition) is 1. The zero-order chi connectivity index (χ0) is 18.0. The highest BCUT2D eigenvalue weighted by molar-refractivity contribution is 6.10. The number of nitrogens with zero attached hydrogens (tertiary/aromatic N) is 1. The van der Waals surface area contributed by atoms with Crippen LogP contribution in [0.15, 0.2) is 61.3 Å². The molecule has 0 saturated carbocycles. The number of rotatable bonds is 3. The van der Waals surface area contributed by atoms with E-state index in [1.165, 1.54) is 6.08 Å². The molecule has 3 rings (SSSR count). The van der Waals surface area contributed by atoms with Gasteiger partial charge in [0.25, 0.3) is 5.91 Å². The number of nitrogens with one attached hydrogen (secondary N) is 1. The van der Waals surface area contributed by atoms with Crippen LogP contribution in [0.4, 0.5) is 18.9 Å². The summed E-state index contributed by atoms with van der Waals surface area (Å²) in [6, 6.07) is 11.9. The Hall–Kier alpha value is -3.15. The van der Waals surface area contributed by atoms with Crippen molar-refractivity contribution in [3.05, 3.63) is 78.0 Å². The molecule has 6 heteroatoms. The number of hydrogen-bond acceptors (Lipinski definition) is 2. The Balaban J connectivity index is 1.97. The molecule has 0 radical (unpaired) electrons. The lowest BCUT2D eigenvalue weighted by Gasteiger charge is -2.12. The molecule has 1 N–H and O–H groups in total. The molecule has 3 nitrogen and oxygen atoms in total. The fourth-order valence-electron chi connectivity index (χ4n) is 2.51. The number of aromatic nitrogens is 1. The minimum absolute atomic E-state index is 0.107. The first-order valence-electron chi connectivity index (χ1n) is 7.39. The Morgan fingerprint density at radius 1 is 1.12 bits per heavy atom. The van der Waals surface area contributed by atoms with Crippen molar-refractivity contribution in [2.45, 2.75) is 6.18 Å². The lowest BCUT2D eigenvalue weighted by atomic mass is 10.0. The van der Waals surface area contributed by atoms with Crippen molar-refractivity contribution >= 4 is 28.6 Å². The molecule has 0 spiro atoms. The number of halogens is 3. The number of amides is 1. The van der Waals surface area contributed by atoms with Gasteiger partial charge >= 0.3 is 6.18 Å². The third-order valence-corrected chi connectivity index (χ3v) is 3.72. The van der Waals surface area contributed by atoms with Gasteiger partial charge in [0.2, 0.25) is 0 Å². The quantitative estimate of drug-likeness (QED) is 0.715. The van der Waals surface area contributed by atoms with Gasteiger partial charge in [-0.15, -0.1) is 0 Å². The third-order valence-electron chi connectivity index (χ3n) is 3.72. The predicted molar refractivity (Wildman–Crippen MR) is 91.2 cm³/mol. The van der Waals surface area contributed by atoms with Crippen molar-refractivity contribution in [3.63, 3.8) is 0 Å². The van der Waals surface area contributed by atoms with E-state index in [9.17, 15) is 18.0 Å². The van der Waals surface area contributed by atoms with Gasteiger partial charge < -0.3 is 5.32 Å². The van der Waals surface area contributed by atoms with E-state index in [0.717, 1.165) is 23.6 Å². The summed E-state index contributed by atoms with van der Waals surface area (Å²) in [6.07, 6.45) is -1.65. The molecule has 0 atom stereocenters. The molecule has 3 aromatic rings. The van der Waals surface area contributed by atoms with Crippen LogP contribution in [0, 0.1) is 0 Å². The zero-order valence-electron chi connectivity index (χ0n) is 13.0. The van der Waals surface area contributed by atoms with Crippen LogP contribution < -0.4 is 5.32 Å². The first-order chi connectivity index (χ1) is 11.9. The average molecular weight is 342 g/mol. The van der Waals surface area contributed by atoms with E-state index in [1.807, 2.05) is 12.1 Å². The summed E-state index contributed by atoms with van der Waals surface area (Å²) in [6.45, 7) is 3.49. The maximum absolute atomic E-state index is 12.8. The summed E-state index contributed by atoms with van der Waals surface area (Å²) in [5.74, 6) is -0.526. The molecule has 126 valence electrons. The molecular formula is C19H13F3N2O. The maximum Gasteiger partial charge on any atom is 0.416 e. The van der Waals surface area contributed by atoms with Gasteiger partial charge in [-0.3, -0.25) is 9.78 Å². The lowest BCUT2D eigenvalue weighted by Crippen LogP contribution is -2.15. The van der Waals surface area contributed by atoms with E-state index in [-0.39, 0.29) is 11.1 Å². The number of anilines is 1. The zero-order valence-corrected chi connectivity index (χ0v) is 13.0. The minimum atomic E-state index is -4.48. The summed E-state index contributed by atoms with van der Waals surface area (Å²) in [5, 5.41) is 3.55. The van der Waals surface area contributed by atoms with E-state index in [1.54, 1.807) is 24.4 Å². The molecule has 2 aromatic carbocycles. The van der Waals surface area contributed by atoms with E-state index < -0.39 is 17.6 Å². The first kappa shape index (κ1) is 16.7. The minimum Gasteiger partial charge on any atom is -0.320 e. The second kappa shape index (κ2) is 6.39. The molecule has 0 bridgehead atoms. The molecule has 0 aliphatic carbocycles. The van der Waals surface area contributed by atoms with Crippen LogP contribution in [0.3, 0.4) is 0 Å². The molecule has 1 amide bonds. The number of alkyl halides is 3. The second-order valence-corrected chi connectivity index (χ2v) is 5.34. The van der Waals surface area contributed by atoms with Crippen LogP contribution in [0.25, 0.3) is 17.0 Å². The molecule has 0 fully saturated rings. The standard InChI is InChI=1S/C19H13F3N2O/c1-2-12-11-14(19(20,21)22)8-9-15(12)18(25)24-16-7-3-5-13-6-4-10-23-17(13)16/h2-11H,1H2,(H,24,25). The number of pyridine rings is 1. The highest BCUT2D eigenvalue weighted by Gasteiger charge is 2.31. The predicted octanol–water partition coefficient (Wildman–Crippen LogP) is 5.15. The largest absolute Gasteiger partial charge is 0.416 e. The fraction of sp³-hybridized carbons (Fsp3) is 0.0526. The van der Waals surface area contributed by atoms with Crippen molar-refractivity contribution in [1.82, 2.24) is 4.98 Å². The van der Waals surface area contributed by atoms with Crippen LogP contribution in [-0.4, -0.2) is 10.9 Å². The topological polar surface area (TPSA) is 42.0 Å². The number of benzene rings is 2. The third kappa shape index (κ3) is 3.38. The van der Waals surface area contributed by atoms with Gasteiger partial charge in [0.05, 0.1) is 16.8 Å². The van der Waals surface area contributed by atoms with Gasteiger partial charge in [0.1, 0.15) is 0 Å². The van der Waals surface area contributed by atoms with E-state index in [2.05, 4.69) is 16.9 Å². The number of para-hydroxylation sites is 1. The number of carbonyl (C=O) groups is 1. The molecule has 0 unspecified atom stereocenters. The van der Waals surface area contributed by atoms with Crippen molar-refractivity contribution in [1.29, 1.82) is 0 Å². The van der Waals surface area contributed by atoms with Gasteiger partial charge in [0.15, 0.2) is 0 Å². The Bertz CT molecular complexity index is 959. The van der Waals surface area contributed by atoms with Crippen LogP contribution in [-0.2, 0) is 6.18 Å². The van der Waals surface area contributed by atoms with Crippen molar-refractivity contribution in [2.75, 3.05) is 5.32 Å². The number of fused-ring (bicyclic) bond motifs is 1. The van der Waals surface area contributed by atoms with Gasteiger partial charge in [-0.25, -0.2) is 0 Å². The fourth-order valence-corrected chi connectivity index (χ4v) is 2.51. The summed E-state index contributed by atoms with van der Waals surface area (Å²) in [5.41, 5.74) is 0.477. The Morgan fingerprint density at radius 2 is 1.88 bits per heavy atom. The maximum atomic E-state index is 12.8. The molecule has 1 heterocycles. The SMILES string of the molecule is C=Cc1cc(C(F)(F)F)ccc1C(=O)Nc1cccc2cccnc12. The highest BCUT2D eigenvalue weighted by atomic mass is 19.4. The van der Waals surface area contributed by atoms with Crippen LogP contribution in [0.1, 0.15) is 21.5 Å². The Labute approximate surface area is 141 Å². The van der Waals surface area contributed by atoms with Crippen molar-refractivity contribution < 1.29 is 18.0 Å². The number of carbonyl (C=O) groups excluding carboxylic acids is 1. The first-order valence-corrected chi connectivity index (χ1v) is 7.39. The highest BCUT2D eigenvalue weighted by Crippen LogP contribution is 2.31. The molecule has 1 aromatic heterocycles. The van der Waals surface area contributed by atoms with Gasteiger partial charge in [-0.2, -0.15) is 13.2 Å². The molecule has 0 aliphatic rings. The van der Waals surface area contributed by atoms with Crippen molar-refractivity contribution in [3.8, 4) is 0 Å². The molecule has 0 saturated heterocycles.